The third-order valence-electron chi connectivity index (χ3n) is 3.81. The van der Waals surface area contributed by atoms with Crippen LogP contribution in [0.4, 0.5) is 13.2 Å². The van der Waals surface area contributed by atoms with Crippen LogP contribution in [-0.4, -0.2) is 35.2 Å². The molecule has 1 saturated heterocycles. The van der Waals surface area contributed by atoms with Gasteiger partial charge in [0.2, 0.25) is 0 Å². The van der Waals surface area contributed by atoms with Crippen molar-refractivity contribution in [2.75, 3.05) is 13.1 Å². The minimum Gasteiger partial charge on any atom is -0.409 e. The SMILES string of the molecule is NC(=NO)c1ccc(CN2CCC(C(F)(F)F)CC2)cc1. The highest BCUT2D eigenvalue weighted by Gasteiger charge is 2.40. The van der Waals surface area contributed by atoms with E-state index in [4.69, 9.17) is 10.9 Å². The topological polar surface area (TPSA) is 61.9 Å². The van der Waals surface area contributed by atoms with Crippen LogP contribution in [0.1, 0.15) is 24.0 Å². The maximum Gasteiger partial charge on any atom is 0.391 e. The number of alkyl halides is 3. The van der Waals surface area contributed by atoms with Crippen molar-refractivity contribution in [2.24, 2.45) is 16.8 Å². The quantitative estimate of drug-likeness (QED) is 0.390. The van der Waals surface area contributed by atoms with E-state index in [0.717, 1.165) is 5.56 Å². The van der Waals surface area contributed by atoms with Gasteiger partial charge in [0.15, 0.2) is 5.84 Å². The fourth-order valence-corrected chi connectivity index (χ4v) is 2.52. The molecule has 1 heterocycles. The molecule has 0 aromatic heterocycles. The second-order valence-corrected chi connectivity index (χ2v) is 5.27. The highest BCUT2D eigenvalue weighted by atomic mass is 19.4. The molecule has 0 amide bonds. The van der Waals surface area contributed by atoms with E-state index in [9.17, 15) is 13.2 Å². The van der Waals surface area contributed by atoms with Gasteiger partial charge in [-0.3, -0.25) is 4.90 Å². The summed E-state index contributed by atoms with van der Waals surface area (Å²) in [6.45, 7) is 1.51. The second-order valence-electron chi connectivity index (χ2n) is 5.27. The van der Waals surface area contributed by atoms with E-state index in [2.05, 4.69) is 5.16 Å². The Morgan fingerprint density at radius 2 is 1.81 bits per heavy atom. The molecule has 7 heteroatoms. The average molecular weight is 301 g/mol. The molecule has 1 aliphatic rings. The van der Waals surface area contributed by atoms with Crippen molar-refractivity contribution in [1.29, 1.82) is 0 Å². The van der Waals surface area contributed by atoms with E-state index in [-0.39, 0.29) is 18.7 Å². The van der Waals surface area contributed by atoms with E-state index in [1.807, 2.05) is 17.0 Å². The highest BCUT2D eigenvalue weighted by Crippen LogP contribution is 2.34. The van der Waals surface area contributed by atoms with Crippen LogP contribution in [-0.2, 0) is 6.54 Å². The van der Waals surface area contributed by atoms with Crippen LogP contribution >= 0.6 is 0 Å². The number of nitrogens with zero attached hydrogens (tertiary/aromatic N) is 2. The molecule has 0 radical (unpaired) electrons. The lowest BCUT2D eigenvalue weighted by Crippen LogP contribution is -2.38. The predicted molar refractivity (Wildman–Crippen MR) is 73.0 cm³/mol. The average Bonchev–Trinajstić information content (AvgIpc) is 2.47. The van der Waals surface area contributed by atoms with E-state index in [1.165, 1.54) is 0 Å². The smallest absolute Gasteiger partial charge is 0.391 e. The van der Waals surface area contributed by atoms with Crippen molar-refractivity contribution in [3.8, 4) is 0 Å². The van der Waals surface area contributed by atoms with Gasteiger partial charge in [0.25, 0.3) is 0 Å². The summed E-state index contributed by atoms with van der Waals surface area (Å²) in [4.78, 5) is 2.01. The van der Waals surface area contributed by atoms with Gasteiger partial charge in [-0.25, -0.2) is 0 Å². The number of benzene rings is 1. The molecule has 3 N–H and O–H groups in total. The second kappa shape index (κ2) is 6.34. The van der Waals surface area contributed by atoms with Gasteiger partial charge in [0.05, 0.1) is 5.92 Å². The van der Waals surface area contributed by atoms with Crippen LogP contribution < -0.4 is 5.73 Å². The highest BCUT2D eigenvalue weighted by molar-refractivity contribution is 5.96. The van der Waals surface area contributed by atoms with Crippen LogP contribution in [0, 0.1) is 5.92 Å². The Labute approximate surface area is 121 Å². The van der Waals surface area contributed by atoms with E-state index in [1.54, 1.807) is 12.1 Å². The zero-order valence-electron chi connectivity index (χ0n) is 11.5. The molecule has 0 aliphatic carbocycles. The summed E-state index contributed by atoms with van der Waals surface area (Å²) in [6, 6.07) is 7.13. The van der Waals surface area contributed by atoms with E-state index in [0.29, 0.717) is 25.2 Å². The molecule has 0 spiro atoms. The predicted octanol–water partition coefficient (Wildman–Crippen LogP) is 2.56. The molecule has 0 saturated carbocycles. The fraction of sp³-hybridized carbons (Fsp3) is 0.500. The summed E-state index contributed by atoms with van der Waals surface area (Å²) in [5.74, 6) is -1.13. The molecular weight excluding hydrogens is 283 g/mol. The summed E-state index contributed by atoms with van der Waals surface area (Å²) >= 11 is 0. The molecule has 116 valence electrons. The molecule has 1 aliphatic heterocycles. The van der Waals surface area contributed by atoms with E-state index < -0.39 is 12.1 Å². The lowest BCUT2D eigenvalue weighted by Gasteiger charge is -2.32. The number of oxime groups is 1. The minimum atomic E-state index is -4.07. The van der Waals surface area contributed by atoms with Gasteiger partial charge in [-0.1, -0.05) is 29.4 Å². The van der Waals surface area contributed by atoms with Gasteiger partial charge in [-0.2, -0.15) is 13.2 Å². The summed E-state index contributed by atoms with van der Waals surface area (Å²) in [5, 5.41) is 11.5. The third kappa shape index (κ3) is 4.10. The van der Waals surface area contributed by atoms with E-state index >= 15 is 0 Å². The molecule has 0 atom stereocenters. The Bertz CT molecular complexity index is 491. The normalized spacial score (nSPS) is 18.9. The number of halogens is 3. The van der Waals surface area contributed by atoms with Crippen molar-refractivity contribution >= 4 is 5.84 Å². The summed E-state index contributed by atoms with van der Waals surface area (Å²) in [7, 11) is 0. The Morgan fingerprint density at radius 3 is 2.29 bits per heavy atom. The number of rotatable bonds is 3. The first kappa shape index (κ1) is 15.6. The van der Waals surface area contributed by atoms with Gasteiger partial charge < -0.3 is 10.9 Å². The number of piperidine rings is 1. The number of hydrogen-bond acceptors (Lipinski definition) is 3. The Balaban J connectivity index is 1.89. The first-order chi connectivity index (χ1) is 9.90. The largest absolute Gasteiger partial charge is 0.409 e. The van der Waals surface area contributed by atoms with Crippen LogP contribution in [0.2, 0.25) is 0 Å². The summed E-state index contributed by atoms with van der Waals surface area (Å²) < 4.78 is 37.8. The third-order valence-corrected chi connectivity index (χ3v) is 3.81. The van der Waals surface area contributed by atoms with Crippen molar-refractivity contribution in [3.05, 3.63) is 35.4 Å². The standard InChI is InChI=1S/C14H18F3N3O/c15-14(16,17)12-5-7-20(8-6-12)9-10-1-3-11(4-2-10)13(18)19-21/h1-4,12,21H,5-9H2,(H2,18,19). The number of likely N-dealkylation sites (tertiary alicyclic amines) is 1. The molecule has 1 aromatic carbocycles. The Kier molecular flexibility index (Phi) is 4.72. The molecular formula is C14H18F3N3O. The zero-order chi connectivity index (χ0) is 15.5. The zero-order valence-corrected chi connectivity index (χ0v) is 11.5. The van der Waals surface area contributed by atoms with Crippen LogP contribution in [0.25, 0.3) is 0 Å². The monoisotopic (exact) mass is 301 g/mol. The van der Waals surface area contributed by atoms with Gasteiger partial charge in [-0.05, 0) is 31.5 Å². The maximum absolute atomic E-state index is 12.6. The molecule has 1 fully saturated rings. The van der Waals surface area contributed by atoms with Gasteiger partial charge in [0, 0.05) is 12.1 Å². The fourth-order valence-electron chi connectivity index (χ4n) is 2.52. The number of nitrogens with two attached hydrogens (primary N) is 1. The number of hydrogen-bond donors (Lipinski definition) is 2. The van der Waals surface area contributed by atoms with Gasteiger partial charge >= 0.3 is 6.18 Å². The van der Waals surface area contributed by atoms with Crippen LogP contribution in [0.3, 0.4) is 0 Å². The lowest BCUT2D eigenvalue weighted by molar-refractivity contribution is -0.185. The maximum atomic E-state index is 12.6. The van der Waals surface area contributed by atoms with Crippen molar-refractivity contribution in [3.63, 3.8) is 0 Å². The molecule has 2 rings (SSSR count). The first-order valence-corrected chi connectivity index (χ1v) is 6.76. The molecule has 0 bridgehead atoms. The number of amidine groups is 1. The van der Waals surface area contributed by atoms with Crippen molar-refractivity contribution in [1.82, 2.24) is 4.90 Å². The summed E-state index contributed by atoms with van der Waals surface area (Å²) in [5.41, 5.74) is 7.07. The molecule has 4 nitrogen and oxygen atoms in total. The van der Waals surface area contributed by atoms with Gasteiger partial charge in [-0.15, -0.1) is 0 Å². The Hall–Kier alpha value is -1.76. The Morgan fingerprint density at radius 1 is 1.24 bits per heavy atom. The molecule has 21 heavy (non-hydrogen) atoms. The van der Waals surface area contributed by atoms with Gasteiger partial charge in [0.1, 0.15) is 0 Å². The van der Waals surface area contributed by atoms with Crippen LogP contribution in [0.5, 0.6) is 0 Å². The minimum absolute atomic E-state index is 0.0348. The molecule has 1 aromatic rings. The van der Waals surface area contributed by atoms with Crippen molar-refractivity contribution in [2.45, 2.75) is 25.6 Å². The van der Waals surface area contributed by atoms with Crippen LogP contribution in [0.15, 0.2) is 29.4 Å². The lowest BCUT2D eigenvalue weighted by atomic mass is 9.96. The first-order valence-electron chi connectivity index (χ1n) is 6.76. The van der Waals surface area contributed by atoms with Crippen molar-refractivity contribution < 1.29 is 18.4 Å². The summed E-state index contributed by atoms with van der Waals surface area (Å²) in [6.07, 6.45) is -3.76. The molecule has 0 unspecified atom stereocenters.